The van der Waals surface area contributed by atoms with E-state index in [1.807, 2.05) is 0 Å². The highest BCUT2D eigenvalue weighted by Gasteiger charge is 2.66. The number of carbonyl (C=O) groups excluding carboxylic acids is 1. The summed E-state index contributed by atoms with van der Waals surface area (Å²) in [6.07, 6.45) is 10.3. The molecule has 4 aliphatic carbocycles. The zero-order valence-electron chi connectivity index (χ0n) is 17.1. The molecule has 1 aliphatic heterocycles. The van der Waals surface area contributed by atoms with Crippen LogP contribution in [0.5, 0.6) is 0 Å². The number of aliphatic hydroxyl groups is 1. The summed E-state index contributed by atoms with van der Waals surface area (Å²) in [6.45, 7) is 7.65. The first-order chi connectivity index (χ1) is 12.7. The van der Waals surface area contributed by atoms with Crippen molar-refractivity contribution >= 4 is 5.78 Å². The fourth-order valence-electron chi connectivity index (χ4n) is 8.10. The van der Waals surface area contributed by atoms with Crippen molar-refractivity contribution in [3.63, 3.8) is 0 Å². The molecule has 5 rings (SSSR count). The van der Waals surface area contributed by atoms with Gasteiger partial charge in [-0.2, -0.15) is 0 Å². The number of ether oxygens (including phenoxy) is 2. The van der Waals surface area contributed by atoms with Gasteiger partial charge in [0.1, 0.15) is 5.60 Å². The lowest BCUT2D eigenvalue weighted by Gasteiger charge is -2.59. The number of Topliss-reactive ketones (excluding diaryl/α,β-unsaturated/α-hetero) is 1. The minimum absolute atomic E-state index is 0.0337. The third-order valence-electron chi connectivity index (χ3n) is 9.58. The van der Waals surface area contributed by atoms with Gasteiger partial charge in [0, 0.05) is 18.3 Å². The molecule has 0 radical (unpaired) electrons. The molecule has 4 fully saturated rings. The number of hydrogen-bond donors (Lipinski definition) is 1. The van der Waals surface area contributed by atoms with Gasteiger partial charge < -0.3 is 14.6 Å². The third-order valence-corrected chi connectivity index (χ3v) is 9.58. The number of ketones is 1. The van der Waals surface area contributed by atoms with Crippen LogP contribution >= 0.6 is 0 Å². The Morgan fingerprint density at radius 3 is 2.52 bits per heavy atom. The number of allylic oxidation sites excluding steroid dienone is 2. The Hall–Kier alpha value is -0.710. The van der Waals surface area contributed by atoms with Crippen molar-refractivity contribution in [2.45, 2.75) is 83.5 Å². The van der Waals surface area contributed by atoms with Gasteiger partial charge in [0.05, 0.1) is 13.2 Å². The minimum Gasteiger partial charge on any atom is -0.382 e. The topological polar surface area (TPSA) is 55.8 Å². The van der Waals surface area contributed by atoms with Gasteiger partial charge in [-0.05, 0) is 68.6 Å². The fourth-order valence-corrected chi connectivity index (χ4v) is 8.10. The van der Waals surface area contributed by atoms with E-state index < -0.39 is 5.60 Å². The Bertz CT molecular complexity index is 692. The standard InChI is InChI=1S/C23H34O4/c1-15(24)23(25)11-8-19-17-5-4-16-6-10-22(26-12-13-27-22)14-20(16,2)18(17)7-9-21(19,23)3/h4,17-19,25H,5-14H2,1-3H3/t17?,18?,19?,20-,21-,23-/m0/s1. The van der Waals surface area contributed by atoms with E-state index in [1.165, 1.54) is 0 Å². The molecule has 0 aromatic carbocycles. The van der Waals surface area contributed by atoms with Crippen LogP contribution < -0.4 is 0 Å². The second-order valence-electron chi connectivity index (χ2n) is 10.5. The van der Waals surface area contributed by atoms with Crippen molar-refractivity contribution in [3.05, 3.63) is 11.6 Å². The first-order valence-electron chi connectivity index (χ1n) is 11.0. The predicted octanol–water partition coefficient (Wildman–Crippen LogP) is 4.01. The van der Waals surface area contributed by atoms with Crippen LogP contribution in [0.25, 0.3) is 0 Å². The van der Waals surface area contributed by atoms with E-state index in [4.69, 9.17) is 9.47 Å². The van der Waals surface area contributed by atoms with E-state index in [-0.39, 0.29) is 22.4 Å². The highest BCUT2D eigenvalue weighted by molar-refractivity contribution is 5.86. The molecule has 6 atom stereocenters. The van der Waals surface area contributed by atoms with Crippen molar-refractivity contribution in [3.8, 4) is 0 Å². The molecule has 1 heterocycles. The van der Waals surface area contributed by atoms with Crippen LogP contribution in [-0.2, 0) is 14.3 Å². The molecule has 1 N–H and O–H groups in total. The summed E-state index contributed by atoms with van der Waals surface area (Å²) in [6, 6.07) is 0. The molecule has 0 aromatic heterocycles. The van der Waals surface area contributed by atoms with E-state index in [9.17, 15) is 9.90 Å². The minimum atomic E-state index is -1.13. The van der Waals surface area contributed by atoms with Crippen molar-refractivity contribution < 1.29 is 19.4 Å². The molecule has 3 saturated carbocycles. The van der Waals surface area contributed by atoms with Crippen molar-refractivity contribution in [1.29, 1.82) is 0 Å². The molecule has 0 amide bonds. The average Bonchev–Trinajstić information content (AvgIpc) is 3.17. The molecule has 1 spiro atoms. The van der Waals surface area contributed by atoms with Crippen LogP contribution in [0.1, 0.15) is 72.1 Å². The Morgan fingerprint density at radius 1 is 1.11 bits per heavy atom. The number of carbonyl (C=O) groups is 1. The van der Waals surface area contributed by atoms with Crippen LogP contribution in [-0.4, -0.2) is 35.5 Å². The number of fused-ring (bicyclic) bond motifs is 5. The van der Waals surface area contributed by atoms with E-state index in [0.717, 1.165) is 58.2 Å². The van der Waals surface area contributed by atoms with Crippen LogP contribution in [0.4, 0.5) is 0 Å². The van der Waals surface area contributed by atoms with Crippen LogP contribution in [0.15, 0.2) is 11.6 Å². The molecular weight excluding hydrogens is 340 g/mol. The van der Waals surface area contributed by atoms with E-state index in [1.54, 1.807) is 12.5 Å². The van der Waals surface area contributed by atoms with Gasteiger partial charge in [-0.25, -0.2) is 0 Å². The molecule has 150 valence electrons. The molecular formula is C23H34O4. The Balaban J connectivity index is 1.49. The summed E-state index contributed by atoms with van der Waals surface area (Å²) in [5, 5.41) is 11.3. The van der Waals surface area contributed by atoms with Crippen LogP contribution in [0.3, 0.4) is 0 Å². The summed E-state index contributed by atoms with van der Waals surface area (Å²) >= 11 is 0. The molecule has 0 aromatic rings. The molecule has 27 heavy (non-hydrogen) atoms. The van der Waals surface area contributed by atoms with Crippen LogP contribution in [0, 0.1) is 28.6 Å². The Kier molecular flexibility index (Phi) is 3.85. The maximum Gasteiger partial charge on any atom is 0.169 e. The van der Waals surface area contributed by atoms with Gasteiger partial charge in [0.25, 0.3) is 0 Å². The number of hydrogen-bond acceptors (Lipinski definition) is 4. The zero-order valence-corrected chi connectivity index (χ0v) is 17.1. The van der Waals surface area contributed by atoms with Crippen molar-refractivity contribution in [1.82, 2.24) is 0 Å². The summed E-state index contributed by atoms with van der Waals surface area (Å²) in [4.78, 5) is 12.4. The summed E-state index contributed by atoms with van der Waals surface area (Å²) in [7, 11) is 0. The average molecular weight is 375 g/mol. The second kappa shape index (κ2) is 5.67. The van der Waals surface area contributed by atoms with Gasteiger partial charge in [0.15, 0.2) is 11.6 Å². The molecule has 0 bridgehead atoms. The highest BCUT2D eigenvalue weighted by atomic mass is 16.7. The SMILES string of the molecule is CC(=O)[C@@]1(O)CCC2C3CC=C4CCC5(C[C@]4(C)C3CC[C@@]21C)OCCO5. The first kappa shape index (κ1) is 18.3. The largest absolute Gasteiger partial charge is 0.382 e. The lowest BCUT2D eigenvalue weighted by atomic mass is 9.46. The molecule has 5 aliphatic rings. The lowest BCUT2D eigenvalue weighted by Crippen LogP contribution is -2.58. The van der Waals surface area contributed by atoms with E-state index in [0.29, 0.717) is 24.2 Å². The molecule has 3 unspecified atom stereocenters. The maximum absolute atomic E-state index is 12.4. The smallest absolute Gasteiger partial charge is 0.169 e. The summed E-state index contributed by atoms with van der Waals surface area (Å²) in [5.74, 6) is 1.19. The predicted molar refractivity (Wildman–Crippen MR) is 102 cm³/mol. The van der Waals surface area contributed by atoms with Gasteiger partial charge in [-0.15, -0.1) is 0 Å². The summed E-state index contributed by atoms with van der Waals surface area (Å²) < 4.78 is 12.2. The first-order valence-corrected chi connectivity index (χ1v) is 11.0. The molecule has 4 heteroatoms. The quantitative estimate of drug-likeness (QED) is 0.705. The molecule has 4 nitrogen and oxygen atoms in total. The highest BCUT2D eigenvalue weighted by Crippen LogP contribution is 2.68. The number of rotatable bonds is 1. The fraction of sp³-hybridized carbons (Fsp3) is 0.870. The van der Waals surface area contributed by atoms with E-state index in [2.05, 4.69) is 19.9 Å². The van der Waals surface area contributed by atoms with Crippen LogP contribution in [0.2, 0.25) is 0 Å². The summed E-state index contributed by atoms with van der Waals surface area (Å²) in [5.41, 5.74) is 0.342. The Labute approximate surface area is 162 Å². The lowest BCUT2D eigenvalue weighted by molar-refractivity contribution is -0.206. The van der Waals surface area contributed by atoms with Gasteiger partial charge in [-0.1, -0.05) is 25.5 Å². The van der Waals surface area contributed by atoms with E-state index >= 15 is 0 Å². The van der Waals surface area contributed by atoms with Crippen molar-refractivity contribution in [2.75, 3.05) is 13.2 Å². The van der Waals surface area contributed by atoms with Gasteiger partial charge in [-0.3, -0.25) is 4.79 Å². The third kappa shape index (κ3) is 2.24. The van der Waals surface area contributed by atoms with Gasteiger partial charge in [0.2, 0.25) is 0 Å². The van der Waals surface area contributed by atoms with Crippen molar-refractivity contribution in [2.24, 2.45) is 28.6 Å². The molecule has 1 saturated heterocycles. The normalized spacial score (nSPS) is 50.7. The second-order valence-corrected chi connectivity index (χ2v) is 10.5. The Morgan fingerprint density at radius 2 is 1.81 bits per heavy atom. The van der Waals surface area contributed by atoms with Gasteiger partial charge >= 0.3 is 0 Å². The monoisotopic (exact) mass is 374 g/mol. The maximum atomic E-state index is 12.4. The zero-order chi connectivity index (χ0) is 19.1.